The van der Waals surface area contributed by atoms with Crippen LogP contribution in [0.5, 0.6) is 0 Å². The van der Waals surface area contributed by atoms with E-state index in [1.165, 1.54) is 231 Å². The SMILES string of the molecule is CCCCCCCCC/C=C\CCCCCCCCCC(=O)OCCCC/C=C\CCCCCCC(=O)NC(CO)C(O)/C=C/CCCCCCCCCCCCCCCCCCCCCCCCC. The van der Waals surface area contributed by atoms with Crippen molar-refractivity contribution in [2.24, 2.45) is 0 Å². The number of aliphatic hydroxyl groups is 2. The van der Waals surface area contributed by atoms with Crippen molar-refractivity contribution in [1.82, 2.24) is 5.32 Å². The first-order valence-corrected chi connectivity index (χ1v) is 31.3. The highest BCUT2D eigenvalue weighted by Gasteiger charge is 2.18. The second-order valence-electron chi connectivity index (χ2n) is 21.4. The van der Waals surface area contributed by atoms with Crippen molar-refractivity contribution in [2.45, 2.75) is 347 Å². The number of unbranched alkanes of at least 4 members (excludes halogenated alkanes) is 43. The van der Waals surface area contributed by atoms with Crippen molar-refractivity contribution in [1.29, 1.82) is 0 Å². The number of hydrogen-bond donors (Lipinski definition) is 3. The van der Waals surface area contributed by atoms with Gasteiger partial charge in [0, 0.05) is 12.8 Å². The lowest BCUT2D eigenvalue weighted by Crippen LogP contribution is -2.45. The van der Waals surface area contributed by atoms with E-state index in [9.17, 15) is 19.8 Å². The van der Waals surface area contributed by atoms with Gasteiger partial charge in [0.15, 0.2) is 0 Å². The molecule has 0 fully saturated rings. The van der Waals surface area contributed by atoms with E-state index in [2.05, 4.69) is 43.5 Å². The Labute approximate surface area is 436 Å². The minimum Gasteiger partial charge on any atom is -0.466 e. The van der Waals surface area contributed by atoms with E-state index in [0.29, 0.717) is 19.4 Å². The number of hydrogen-bond acceptors (Lipinski definition) is 5. The fraction of sp³-hybridized carbons (Fsp3) is 0.875. The molecule has 0 spiro atoms. The molecule has 3 N–H and O–H groups in total. The number of ether oxygens (including phenoxy) is 1. The van der Waals surface area contributed by atoms with Gasteiger partial charge in [-0.2, -0.15) is 0 Å². The molecule has 1 amide bonds. The molecular formula is C64H121NO5. The predicted octanol–water partition coefficient (Wildman–Crippen LogP) is 19.6. The Balaban J connectivity index is 3.53. The molecule has 0 radical (unpaired) electrons. The Morgan fingerprint density at radius 2 is 0.671 bits per heavy atom. The quantitative estimate of drug-likeness (QED) is 0.0321. The molecule has 412 valence electrons. The van der Waals surface area contributed by atoms with E-state index in [1.54, 1.807) is 6.08 Å². The number of carbonyl (C=O) groups is 2. The summed E-state index contributed by atoms with van der Waals surface area (Å²) in [6.45, 7) is 4.83. The molecule has 0 rings (SSSR count). The highest BCUT2D eigenvalue weighted by molar-refractivity contribution is 5.76. The lowest BCUT2D eigenvalue weighted by atomic mass is 10.0. The first-order valence-electron chi connectivity index (χ1n) is 31.3. The number of nitrogens with one attached hydrogen (secondary N) is 1. The molecule has 0 saturated carbocycles. The van der Waals surface area contributed by atoms with E-state index < -0.39 is 12.1 Å². The fourth-order valence-corrected chi connectivity index (χ4v) is 9.57. The fourth-order valence-electron chi connectivity index (χ4n) is 9.57. The zero-order chi connectivity index (χ0) is 50.7. The zero-order valence-electron chi connectivity index (χ0n) is 47.0. The molecule has 0 aromatic heterocycles. The van der Waals surface area contributed by atoms with Crippen molar-refractivity contribution in [3.63, 3.8) is 0 Å². The number of aliphatic hydroxyl groups excluding tert-OH is 2. The van der Waals surface area contributed by atoms with E-state index >= 15 is 0 Å². The van der Waals surface area contributed by atoms with Gasteiger partial charge in [0.2, 0.25) is 5.91 Å². The predicted molar refractivity (Wildman–Crippen MR) is 306 cm³/mol. The van der Waals surface area contributed by atoms with Crippen molar-refractivity contribution in [2.75, 3.05) is 13.2 Å². The molecule has 0 aromatic carbocycles. The molecule has 2 atom stereocenters. The van der Waals surface area contributed by atoms with Gasteiger partial charge in [-0.05, 0) is 83.5 Å². The summed E-state index contributed by atoms with van der Waals surface area (Å²) < 4.78 is 5.45. The average molecular weight is 985 g/mol. The molecule has 6 heteroatoms. The van der Waals surface area contributed by atoms with Gasteiger partial charge in [-0.25, -0.2) is 0 Å². The molecule has 6 nitrogen and oxygen atoms in total. The third kappa shape index (κ3) is 55.4. The molecule has 70 heavy (non-hydrogen) atoms. The van der Waals surface area contributed by atoms with Gasteiger partial charge < -0.3 is 20.3 Å². The molecule has 0 aliphatic rings. The van der Waals surface area contributed by atoms with Crippen LogP contribution in [-0.4, -0.2) is 47.4 Å². The van der Waals surface area contributed by atoms with Gasteiger partial charge in [0.1, 0.15) is 0 Å². The monoisotopic (exact) mass is 984 g/mol. The normalized spacial score (nSPS) is 12.8. The highest BCUT2D eigenvalue weighted by atomic mass is 16.5. The second kappa shape index (κ2) is 59.6. The first kappa shape index (κ1) is 68.1. The minimum atomic E-state index is -0.868. The first-order chi connectivity index (χ1) is 34.5. The van der Waals surface area contributed by atoms with Crippen molar-refractivity contribution in [3.8, 4) is 0 Å². The van der Waals surface area contributed by atoms with Crippen LogP contribution in [0.3, 0.4) is 0 Å². The summed E-state index contributed by atoms with van der Waals surface area (Å²) in [6.07, 6.45) is 74.7. The van der Waals surface area contributed by atoms with E-state index in [-0.39, 0.29) is 18.5 Å². The van der Waals surface area contributed by atoms with Crippen LogP contribution < -0.4 is 5.32 Å². The van der Waals surface area contributed by atoms with Crippen LogP contribution in [0.4, 0.5) is 0 Å². The summed E-state index contributed by atoms with van der Waals surface area (Å²) in [5.41, 5.74) is 0. The third-order valence-electron chi connectivity index (χ3n) is 14.4. The van der Waals surface area contributed by atoms with Crippen LogP contribution in [0.2, 0.25) is 0 Å². The highest BCUT2D eigenvalue weighted by Crippen LogP contribution is 2.17. The van der Waals surface area contributed by atoms with Crippen LogP contribution in [0.15, 0.2) is 36.5 Å². The topological polar surface area (TPSA) is 95.9 Å². The van der Waals surface area contributed by atoms with Crippen molar-refractivity contribution in [3.05, 3.63) is 36.5 Å². The Bertz CT molecular complexity index is 1130. The van der Waals surface area contributed by atoms with E-state index in [0.717, 1.165) is 77.0 Å². The molecule has 0 aromatic rings. The van der Waals surface area contributed by atoms with Gasteiger partial charge in [-0.3, -0.25) is 9.59 Å². The number of allylic oxidation sites excluding steroid dienone is 5. The van der Waals surface area contributed by atoms with Gasteiger partial charge in [0.25, 0.3) is 0 Å². The second-order valence-corrected chi connectivity index (χ2v) is 21.4. The summed E-state index contributed by atoms with van der Waals surface area (Å²) in [7, 11) is 0. The minimum absolute atomic E-state index is 0.0406. The maximum absolute atomic E-state index is 12.5. The van der Waals surface area contributed by atoms with Crippen LogP contribution in [-0.2, 0) is 14.3 Å². The number of carbonyl (C=O) groups excluding carboxylic acids is 2. The van der Waals surface area contributed by atoms with E-state index in [1.807, 2.05) is 6.08 Å². The Morgan fingerprint density at radius 1 is 0.386 bits per heavy atom. The van der Waals surface area contributed by atoms with Gasteiger partial charge in [-0.1, -0.05) is 275 Å². The Hall–Kier alpha value is -1.92. The summed E-state index contributed by atoms with van der Waals surface area (Å²) in [5.74, 6) is -0.142. The molecule has 0 aliphatic carbocycles. The number of rotatable bonds is 58. The Kier molecular flexibility index (Phi) is 58.0. The van der Waals surface area contributed by atoms with Gasteiger partial charge >= 0.3 is 5.97 Å². The largest absolute Gasteiger partial charge is 0.466 e. The van der Waals surface area contributed by atoms with Crippen LogP contribution in [0.25, 0.3) is 0 Å². The molecule has 0 aliphatic heterocycles. The molecular weight excluding hydrogens is 863 g/mol. The van der Waals surface area contributed by atoms with Crippen LogP contribution in [0.1, 0.15) is 335 Å². The van der Waals surface area contributed by atoms with Crippen LogP contribution >= 0.6 is 0 Å². The molecule has 0 heterocycles. The molecule has 0 saturated heterocycles. The van der Waals surface area contributed by atoms with Crippen molar-refractivity contribution >= 4 is 11.9 Å². The lowest BCUT2D eigenvalue weighted by Gasteiger charge is -2.20. The zero-order valence-corrected chi connectivity index (χ0v) is 47.0. The van der Waals surface area contributed by atoms with Crippen LogP contribution in [0, 0.1) is 0 Å². The summed E-state index contributed by atoms with van der Waals surface area (Å²) in [4.78, 5) is 24.6. The number of amides is 1. The number of esters is 1. The summed E-state index contributed by atoms with van der Waals surface area (Å²) in [6, 6.07) is -0.655. The molecule has 0 bridgehead atoms. The van der Waals surface area contributed by atoms with Crippen molar-refractivity contribution < 1.29 is 24.5 Å². The average Bonchev–Trinajstić information content (AvgIpc) is 3.36. The Morgan fingerprint density at radius 3 is 1.01 bits per heavy atom. The van der Waals surface area contributed by atoms with Gasteiger partial charge in [0.05, 0.1) is 25.4 Å². The van der Waals surface area contributed by atoms with Gasteiger partial charge in [-0.15, -0.1) is 0 Å². The maximum Gasteiger partial charge on any atom is 0.305 e. The maximum atomic E-state index is 12.5. The third-order valence-corrected chi connectivity index (χ3v) is 14.4. The molecule has 2 unspecified atom stereocenters. The standard InChI is InChI=1S/C64H121NO5/c1-3-5-7-9-11-13-15-17-19-21-23-24-25-26-27-28-29-30-32-34-36-40-44-48-52-56-62(67)61(60-66)65-63(68)57-53-49-45-41-38-39-43-47-51-55-59-70-64(69)58-54-50-46-42-37-35-33-31-22-20-18-16-14-12-10-8-6-4-2/h20,22,39,43,52,56,61-62,66-67H,3-19,21,23-38,40-42,44-51,53-55,57-60H2,1-2H3,(H,65,68)/b22-20-,43-39-,56-52+. The summed E-state index contributed by atoms with van der Waals surface area (Å²) >= 11 is 0. The van der Waals surface area contributed by atoms with E-state index in [4.69, 9.17) is 4.74 Å². The summed E-state index contributed by atoms with van der Waals surface area (Å²) in [5, 5.41) is 23.2. The lowest BCUT2D eigenvalue weighted by molar-refractivity contribution is -0.143. The smallest absolute Gasteiger partial charge is 0.305 e.